The van der Waals surface area contributed by atoms with Gasteiger partial charge in [-0.3, -0.25) is 14.4 Å². The van der Waals surface area contributed by atoms with Crippen molar-refractivity contribution in [3.8, 4) is 0 Å². The van der Waals surface area contributed by atoms with Crippen molar-refractivity contribution < 1.29 is 39.2 Å². The van der Waals surface area contributed by atoms with Crippen LogP contribution in [0, 0.1) is 0 Å². The Morgan fingerprint density at radius 1 is 1.11 bits per heavy atom. The third-order valence-corrected chi connectivity index (χ3v) is 2.45. The summed E-state index contributed by atoms with van der Waals surface area (Å²) in [5, 5.41) is 26.2. The van der Waals surface area contributed by atoms with Crippen LogP contribution in [0.2, 0.25) is 0 Å². The standard InChI is InChI=1S/C9H13NO8S/c10-4(3-19)7(15)18-9(8(16)17,1-5(11)12)2-6(13)14/h4,19H,1-3,10H2,(H,11,12)(H,13,14)(H,16,17)/t4-/m0/s1. The lowest BCUT2D eigenvalue weighted by atomic mass is 9.95. The summed E-state index contributed by atoms with van der Waals surface area (Å²) in [7, 11) is 0. The molecule has 1 atom stereocenters. The van der Waals surface area contributed by atoms with E-state index in [9.17, 15) is 19.2 Å². The number of nitrogens with two attached hydrogens (primary N) is 1. The van der Waals surface area contributed by atoms with E-state index in [0.717, 1.165) is 0 Å². The van der Waals surface area contributed by atoms with E-state index in [1.807, 2.05) is 0 Å². The van der Waals surface area contributed by atoms with E-state index in [1.54, 1.807) is 0 Å². The lowest BCUT2D eigenvalue weighted by molar-refractivity contribution is -0.186. The molecule has 0 aromatic rings. The topological polar surface area (TPSA) is 164 Å². The number of carbonyl (C=O) groups is 4. The molecule has 0 aromatic heterocycles. The lowest BCUT2D eigenvalue weighted by Crippen LogP contribution is -2.50. The number of thiol groups is 1. The molecule has 19 heavy (non-hydrogen) atoms. The maximum atomic E-state index is 11.4. The van der Waals surface area contributed by atoms with Gasteiger partial charge in [0, 0.05) is 5.75 Å². The second-order valence-corrected chi connectivity index (χ2v) is 4.02. The molecule has 0 spiro atoms. The molecular weight excluding hydrogens is 282 g/mol. The van der Waals surface area contributed by atoms with Crippen LogP contribution in [0.4, 0.5) is 0 Å². The van der Waals surface area contributed by atoms with Crippen LogP contribution in [-0.4, -0.2) is 56.6 Å². The maximum absolute atomic E-state index is 11.4. The van der Waals surface area contributed by atoms with Crippen LogP contribution >= 0.6 is 12.6 Å². The summed E-state index contributed by atoms with van der Waals surface area (Å²) in [4.78, 5) is 43.7. The minimum absolute atomic E-state index is 0.172. The minimum Gasteiger partial charge on any atom is -0.481 e. The predicted molar refractivity (Wildman–Crippen MR) is 62.8 cm³/mol. The van der Waals surface area contributed by atoms with E-state index >= 15 is 0 Å². The third kappa shape index (κ3) is 5.14. The van der Waals surface area contributed by atoms with E-state index in [4.69, 9.17) is 21.1 Å². The fraction of sp³-hybridized carbons (Fsp3) is 0.556. The fourth-order valence-corrected chi connectivity index (χ4v) is 1.31. The van der Waals surface area contributed by atoms with Gasteiger partial charge in [0.2, 0.25) is 5.60 Å². The first-order valence-corrected chi connectivity index (χ1v) is 5.54. The normalized spacial score (nSPS) is 12.5. The molecule has 0 aliphatic rings. The molecule has 0 amide bonds. The Bertz CT molecular complexity index is 380. The number of carbonyl (C=O) groups excluding carboxylic acids is 1. The average Bonchev–Trinajstić information content (AvgIpc) is 2.25. The highest BCUT2D eigenvalue weighted by molar-refractivity contribution is 7.80. The highest BCUT2D eigenvalue weighted by atomic mass is 32.1. The van der Waals surface area contributed by atoms with Crippen LogP contribution in [0.25, 0.3) is 0 Å². The molecule has 0 unspecified atom stereocenters. The van der Waals surface area contributed by atoms with Gasteiger partial charge in [-0.05, 0) is 0 Å². The monoisotopic (exact) mass is 295 g/mol. The molecule has 10 heteroatoms. The molecule has 0 aliphatic carbocycles. The number of hydrogen-bond acceptors (Lipinski definition) is 7. The number of ether oxygens (including phenoxy) is 1. The molecule has 0 saturated carbocycles. The summed E-state index contributed by atoms with van der Waals surface area (Å²) < 4.78 is 4.50. The Labute approximate surface area is 112 Å². The maximum Gasteiger partial charge on any atom is 0.349 e. The minimum atomic E-state index is -2.70. The number of esters is 1. The van der Waals surface area contributed by atoms with Crippen molar-refractivity contribution in [1.29, 1.82) is 0 Å². The Hall–Kier alpha value is -1.81. The van der Waals surface area contributed by atoms with Crippen LogP contribution < -0.4 is 5.73 Å². The van der Waals surface area contributed by atoms with Gasteiger partial charge in [0.15, 0.2) is 0 Å². The van der Waals surface area contributed by atoms with Crippen molar-refractivity contribution >= 4 is 36.5 Å². The molecule has 0 radical (unpaired) electrons. The van der Waals surface area contributed by atoms with Crippen molar-refractivity contribution in [3.05, 3.63) is 0 Å². The molecule has 0 fully saturated rings. The van der Waals surface area contributed by atoms with Crippen molar-refractivity contribution in [1.82, 2.24) is 0 Å². The molecule has 0 aromatic carbocycles. The Balaban J connectivity index is 5.32. The van der Waals surface area contributed by atoms with Crippen molar-refractivity contribution in [2.24, 2.45) is 5.73 Å². The molecule has 0 bridgehead atoms. The first-order chi connectivity index (χ1) is 8.64. The van der Waals surface area contributed by atoms with Crippen molar-refractivity contribution in [3.63, 3.8) is 0 Å². The first-order valence-electron chi connectivity index (χ1n) is 4.91. The van der Waals surface area contributed by atoms with Gasteiger partial charge in [-0.2, -0.15) is 12.6 Å². The number of carboxylic acid groups (broad SMARTS) is 3. The average molecular weight is 295 g/mol. The number of carboxylic acids is 3. The van der Waals surface area contributed by atoms with Crippen LogP contribution in [0.15, 0.2) is 0 Å². The third-order valence-electron chi connectivity index (χ3n) is 2.06. The number of rotatable bonds is 8. The van der Waals surface area contributed by atoms with Gasteiger partial charge in [0.1, 0.15) is 6.04 Å². The van der Waals surface area contributed by atoms with Crippen LogP contribution in [0.5, 0.6) is 0 Å². The largest absolute Gasteiger partial charge is 0.481 e. The van der Waals surface area contributed by atoms with Crippen molar-refractivity contribution in [2.75, 3.05) is 5.75 Å². The van der Waals surface area contributed by atoms with Crippen LogP contribution in [0.1, 0.15) is 12.8 Å². The van der Waals surface area contributed by atoms with Gasteiger partial charge >= 0.3 is 23.9 Å². The van der Waals surface area contributed by atoms with Gasteiger partial charge in [0.05, 0.1) is 12.8 Å². The molecule has 108 valence electrons. The molecule has 0 rings (SSSR count). The summed E-state index contributed by atoms with van der Waals surface area (Å²) in [6.07, 6.45) is -2.39. The van der Waals surface area contributed by atoms with Gasteiger partial charge in [0.25, 0.3) is 0 Å². The van der Waals surface area contributed by atoms with E-state index in [-0.39, 0.29) is 5.75 Å². The molecule has 9 nitrogen and oxygen atoms in total. The fourth-order valence-electron chi connectivity index (χ4n) is 1.16. The Kier molecular flexibility index (Phi) is 6.28. The number of hydrogen-bond donors (Lipinski definition) is 5. The van der Waals surface area contributed by atoms with Crippen LogP contribution in [0.3, 0.4) is 0 Å². The summed E-state index contributed by atoms with van der Waals surface area (Å²) in [6.45, 7) is 0. The summed E-state index contributed by atoms with van der Waals surface area (Å²) >= 11 is 3.69. The highest BCUT2D eigenvalue weighted by Crippen LogP contribution is 2.23. The second kappa shape index (κ2) is 6.95. The van der Waals surface area contributed by atoms with E-state index in [0.29, 0.717) is 0 Å². The zero-order valence-electron chi connectivity index (χ0n) is 9.61. The molecule has 5 N–H and O–H groups in total. The zero-order valence-corrected chi connectivity index (χ0v) is 10.5. The quantitative estimate of drug-likeness (QED) is 0.266. The van der Waals surface area contributed by atoms with E-state index in [1.165, 1.54) is 0 Å². The van der Waals surface area contributed by atoms with Gasteiger partial charge in [-0.15, -0.1) is 0 Å². The smallest absolute Gasteiger partial charge is 0.349 e. The Morgan fingerprint density at radius 3 is 1.79 bits per heavy atom. The SMILES string of the molecule is N[C@@H](CS)C(=O)OC(CC(=O)O)(CC(=O)O)C(=O)O. The first kappa shape index (κ1) is 17.2. The molecule has 0 heterocycles. The summed E-state index contributed by atoms with van der Waals surface area (Å²) in [5.41, 5.74) is 2.55. The Morgan fingerprint density at radius 2 is 1.53 bits per heavy atom. The molecule has 0 saturated heterocycles. The van der Waals surface area contributed by atoms with Gasteiger partial charge in [-0.25, -0.2) is 4.79 Å². The van der Waals surface area contributed by atoms with E-state index in [2.05, 4.69) is 17.4 Å². The summed E-state index contributed by atoms with van der Waals surface area (Å²) in [6, 6.07) is -1.29. The number of aliphatic carboxylic acids is 3. The molecule has 0 aliphatic heterocycles. The summed E-state index contributed by atoms with van der Waals surface area (Å²) in [5.74, 6) is -6.54. The lowest BCUT2D eigenvalue weighted by Gasteiger charge is -2.27. The van der Waals surface area contributed by atoms with Crippen molar-refractivity contribution in [2.45, 2.75) is 24.5 Å². The highest BCUT2D eigenvalue weighted by Gasteiger charge is 2.47. The zero-order chi connectivity index (χ0) is 15.2. The van der Waals surface area contributed by atoms with Crippen LogP contribution in [-0.2, 0) is 23.9 Å². The van der Waals surface area contributed by atoms with E-state index < -0.39 is 48.4 Å². The predicted octanol–water partition coefficient (Wildman–Crippen LogP) is -1.44. The molecular formula is C9H13NO8S. The second-order valence-electron chi connectivity index (χ2n) is 3.65. The van der Waals surface area contributed by atoms with Gasteiger partial charge in [-0.1, -0.05) is 0 Å². The van der Waals surface area contributed by atoms with Gasteiger partial charge < -0.3 is 25.8 Å².